The summed E-state index contributed by atoms with van der Waals surface area (Å²) in [6.07, 6.45) is 1.07. The number of hydrogen-bond donors (Lipinski definition) is 2. The van der Waals surface area contributed by atoms with Crippen LogP contribution in [0.15, 0.2) is 23.1 Å². The van der Waals surface area contributed by atoms with E-state index in [0.717, 1.165) is 6.07 Å². The first-order chi connectivity index (χ1) is 9.71. The SMILES string of the molecule is CCC(CC)(CN)NS(=O)(=O)c1cc([N+](=O)[O-])ccc1C.Cl. The molecule has 0 fully saturated rings. The number of nitro groups is 1. The number of nitrogens with two attached hydrogens (primary N) is 1. The van der Waals surface area contributed by atoms with Gasteiger partial charge in [-0.25, -0.2) is 13.1 Å². The molecule has 126 valence electrons. The second-order valence-electron chi connectivity index (χ2n) is 5.00. The Kier molecular flexibility index (Phi) is 7.43. The summed E-state index contributed by atoms with van der Waals surface area (Å²) in [5.74, 6) is 0. The molecule has 0 aliphatic heterocycles. The van der Waals surface area contributed by atoms with E-state index in [2.05, 4.69) is 4.72 Å². The van der Waals surface area contributed by atoms with E-state index in [9.17, 15) is 18.5 Å². The van der Waals surface area contributed by atoms with E-state index in [1.165, 1.54) is 12.1 Å². The summed E-state index contributed by atoms with van der Waals surface area (Å²) in [6, 6.07) is 3.78. The van der Waals surface area contributed by atoms with Crippen molar-refractivity contribution in [2.45, 2.75) is 44.0 Å². The lowest BCUT2D eigenvalue weighted by molar-refractivity contribution is -0.385. The van der Waals surface area contributed by atoms with Crippen molar-refractivity contribution < 1.29 is 13.3 Å². The molecule has 0 saturated carbocycles. The fraction of sp³-hybridized carbons (Fsp3) is 0.538. The van der Waals surface area contributed by atoms with Crippen molar-refractivity contribution in [3.63, 3.8) is 0 Å². The van der Waals surface area contributed by atoms with E-state index >= 15 is 0 Å². The fourth-order valence-corrected chi connectivity index (χ4v) is 3.88. The predicted octanol–water partition coefficient (Wildman–Crippen LogP) is 2.12. The van der Waals surface area contributed by atoms with Crippen LogP contribution in [0, 0.1) is 17.0 Å². The Balaban J connectivity index is 0.00000441. The van der Waals surface area contributed by atoms with E-state index < -0.39 is 20.5 Å². The first-order valence-electron chi connectivity index (χ1n) is 6.70. The minimum Gasteiger partial charge on any atom is -0.329 e. The first kappa shape index (κ1) is 20.8. The summed E-state index contributed by atoms with van der Waals surface area (Å²) in [5, 5.41) is 10.8. The summed E-state index contributed by atoms with van der Waals surface area (Å²) >= 11 is 0. The number of aryl methyl sites for hydroxylation is 1. The molecular formula is C13H22ClN3O4S. The average molecular weight is 352 g/mol. The molecule has 22 heavy (non-hydrogen) atoms. The molecule has 0 spiro atoms. The highest BCUT2D eigenvalue weighted by Gasteiger charge is 2.32. The zero-order valence-corrected chi connectivity index (χ0v) is 14.5. The van der Waals surface area contributed by atoms with Gasteiger partial charge in [-0.15, -0.1) is 12.4 Å². The van der Waals surface area contributed by atoms with Crippen LogP contribution in [0.4, 0.5) is 5.69 Å². The molecule has 1 rings (SSSR count). The quantitative estimate of drug-likeness (QED) is 0.576. The minimum atomic E-state index is -3.88. The monoisotopic (exact) mass is 351 g/mol. The highest BCUT2D eigenvalue weighted by Crippen LogP contribution is 2.24. The zero-order valence-electron chi connectivity index (χ0n) is 12.8. The Labute approximate surface area is 136 Å². The maximum atomic E-state index is 12.5. The molecule has 0 atom stereocenters. The van der Waals surface area contributed by atoms with E-state index in [1.807, 2.05) is 13.8 Å². The summed E-state index contributed by atoms with van der Waals surface area (Å²) in [7, 11) is -3.88. The smallest absolute Gasteiger partial charge is 0.270 e. The third-order valence-electron chi connectivity index (χ3n) is 3.77. The molecule has 0 radical (unpaired) electrons. The second kappa shape index (κ2) is 7.87. The lowest BCUT2D eigenvalue weighted by atomic mass is 9.95. The van der Waals surface area contributed by atoms with E-state index in [-0.39, 0.29) is 29.5 Å². The second-order valence-corrected chi connectivity index (χ2v) is 6.65. The standard InChI is InChI=1S/C13H21N3O4S.ClH/c1-4-13(5-2,9-14)15-21(19,20)12-8-11(16(17)18)7-6-10(12)3;/h6-8,15H,4-5,9,14H2,1-3H3;1H. The van der Waals surface area contributed by atoms with Gasteiger partial charge in [-0.05, 0) is 25.3 Å². The van der Waals surface area contributed by atoms with E-state index in [0.29, 0.717) is 18.4 Å². The zero-order chi connectivity index (χ0) is 16.3. The summed E-state index contributed by atoms with van der Waals surface area (Å²) in [5.41, 5.74) is 5.15. The van der Waals surface area contributed by atoms with Gasteiger partial charge in [-0.2, -0.15) is 0 Å². The Bertz CT molecular complexity index is 622. The number of nitro benzene ring substituents is 1. The molecule has 0 aliphatic carbocycles. The molecule has 0 unspecified atom stereocenters. The molecule has 1 aromatic carbocycles. The van der Waals surface area contributed by atoms with Crippen LogP contribution < -0.4 is 10.5 Å². The Hall–Kier alpha value is -1.22. The molecule has 0 heterocycles. The molecule has 0 bridgehead atoms. The fourth-order valence-electron chi connectivity index (χ4n) is 2.06. The van der Waals surface area contributed by atoms with Gasteiger partial charge in [0.15, 0.2) is 0 Å². The van der Waals surface area contributed by atoms with Gasteiger partial charge in [0.05, 0.1) is 9.82 Å². The molecule has 0 saturated heterocycles. The van der Waals surface area contributed by atoms with Crippen LogP contribution in [-0.4, -0.2) is 25.4 Å². The Morgan fingerprint density at radius 3 is 2.27 bits per heavy atom. The van der Waals surface area contributed by atoms with E-state index in [4.69, 9.17) is 5.73 Å². The number of hydrogen-bond acceptors (Lipinski definition) is 5. The average Bonchev–Trinajstić information content (AvgIpc) is 2.45. The lowest BCUT2D eigenvalue weighted by Gasteiger charge is -2.31. The molecule has 9 heteroatoms. The maximum Gasteiger partial charge on any atom is 0.270 e. The first-order valence-corrected chi connectivity index (χ1v) is 8.18. The molecule has 7 nitrogen and oxygen atoms in total. The summed E-state index contributed by atoms with van der Waals surface area (Å²) < 4.78 is 27.7. The van der Waals surface area contributed by atoms with E-state index in [1.54, 1.807) is 6.92 Å². The highest BCUT2D eigenvalue weighted by molar-refractivity contribution is 7.89. The van der Waals surface area contributed by atoms with Crippen LogP contribution in [0.3, 0.4) is 0 Å². The third kappa shape index (κ3) is 4.39. The lowest BCUT2D eigenvalue weighted by Crippen LogP contribution is -2.52. The number of nitrogens with one attached hydrogen (secondary N) is 1. The molecule has 0 amide bonds. The van der Waals surface area contributed by atoms with Gasteiger partial charge >= 0.3 is 0 Å². The van der Waals surface area contributed by atoms with Gasteiger partial charge in [0.25, 0.3) is 5.69 Å². The largest absolute Gasteiger partial charge is 0.329 e. The van der Waals surface area contributed by atoms with Crippen molar-refractivity contribution in [1.29, 1.82) is 0 Å². The molecule has 3 N–H and O–H groups in total. The normalized spacial score (nSPS) is 11.8. The van der Waals surface area contributed by atoms with Crippen molar-refractivity contribution in [2.24, 2.45) is 5.73 Å². The Morgan fingerprint density at radius 1 is 1.32 bits per heavy atom. The van der Waals surface area contributed by atoms with Crippen molar-refractivity contribution in [3.8, 4) is 0 Å². The number of benzene rings is 1. The van der Waals surface area contributed by atoms with Crippen molar-refractivity contribution in [2.75, 3.05) is 6.54 Å². The summed E-state index contributed by atoms with van der Waals surface area (Å²) in [4.78, 5) is 10.1. The van der Waals surface area contributed by atoms with Crippen molar-refractivity contribution in [1.82, 2.24) is 4.72 Å². The van der Waals surface area contributed by atoms with Gasteiger partial charge in [0, 0.05) is 24.2 Å². The highest BCUT2D eigenvalue weighted by atomic mass is 35.5. The van der Waals surface area contributed by atoms with Gasteiger partial charge in [-0.1, -0.05) is 19.9 Å². The maximum absolute atomic E-state index is 12.5. The van der Waals surface area contributed by atoms with Crippen LogP contribution in [-0.2, 0) is 10.0 Å². The van der Waals surface area contributed by atoms with Crippen molar-refractivity contribution >= 4 is 28.1 Å². The molecule has 0 aliphatic rings. The predicted molar refractivity (Wildman–Crippen MR) is 87.8 cm³/mol. The Morgan fingerprint density at radius 2 is 1.86 bits per heavy atom. The molecular weight excluding hydrogens is 330 g/mol. The third-order valence-corrected chi connectivity index (χ3v) is 5.49. The topological polar surface area (TPSA) is 115 Å². The molecule has 1 aromatic rings. The summed E-state index contributed by atoms with van der Waals surface area (Å²) in [6.45, 7) is 5.45. The van der Waals surface area contributed by atoms with Gasteiger partial charge in [0.1, 0.15) is 0 Å². The van der Waals surface area contributed by atoms with Crippen LogP contribution in [0.5, 0.6) is 0 Å². The number of non-ortho nitro benzene ring substituents is 1. The van der Waals surface area contributed by atoms with Crippen molar-refractivity contribution in [3.05, 3.63) is 33.9 Å². The number of nitrogens with zero attached hydrogens (tertiary/aromatic N) is 1. The number of halogens is 1. The van der Waals surface area contributed by atoms with Gasteiger partial charge in [-0.3, -0.25) is 10.1 Å². The van der Waals surface area contributed by atoms with Crippen LogP contribution in [0.1, 0.15) is 32.3 Å². The van der Waals surface area contributed by atoms with Crippen LogP contribution in [0.2, 0.25) is 0 Å². The molecule has 0 aromatic heterocycles. The van der Waals surface area contributed by atoms with Crippen LogP contribution >= 0.6 is 12.4 Å². The van der Waals surface area contributed by atoms with Gasteiger partial charge in [0.2, 0.25) is 10.0 Å². The van der Waals surface area contributed by atoms with Gasteiger partial charge < -0.3 is 5.73 Å². The number of rotatable bonds is 7. The van der Waals surface area contributed by atoms with Crippen LogP contribution in [0.25, 0.3) is 0 Å². The minimum absolute atomic E-state index is 0. The number of sulfonamides is 1.